The van der Waals surface area contributed by atoms with Gasteiger partial charge in [0, 0.05) is 38.2 Å². The van der Waals surface area contributed by atoms with Crippen molar-refractivity contribution in [3.05, 3.63) is 97.1 Å². The molecule has 4 nitrogen and oxygen atoms in total. The van der Waals surface area contributed by atoms with Gasteiger partial charge in [-0.1, -0.05) is 58.5 Å². The van der Waals surface area contributed by atoms with E-state index in [1.807, 2.05) is 59.2 Å². The van der Waals surface area contributed by atoms with Crippen LogP contribution in [-0.2, 0) is 21.1 Å². The van der Waals surface area contributed by atoms with Gasteiger partial charge in [0.2, 0.25) is 0 Å². The van der Waals surface area contributed by atoms with Crippen LogP contribution in [0.2, 0.25) is 0 Å². The first-order valence-electron chi connectivity index (χ1n) is 10.7. The zero-order valence-electron chi connectivity index (χ0n) is 18.5. The number of fused-ring (bicyclic) bond motifs is 4. The van der Waals surface area contributed by atoms with Crippen LogP contribution in [0.5, 0.6) is 5.75 Å². The second-order valence-corrected chi connectivity index (χ2v) is 8.10. The van der Waals surface area contributed by atoms with Crippen molar-refractivity contribution in [2.75, 3.05) is 0 Å². The molecular formula is C26H16N3OPtS-. The number of pyridine rings is 2. The SMILES string of the molecule is [2H]c1ccc2c(c1)c1cc([2H])c(Sc3ccc4cccc(O)c4n3)[c-]c1n2-c1ccccn1.[Pt]. The third-order valence-corrected chi connectivity index (χ3v) is 6.05. The number of rotatable bonds is 3. The van der Waals surface area contributed by atoms with Gasteiger partial charge >= 0.3 is 0 Å². The van der Waals surface area contributed by atoms with Crippen molar-refractivity contribution < 1.29 is 28.9 Å². The van der Waals surface area contributed by atoms with E-state index in [4.69, 9.17) is 2.74 Å². The Hall–Kier alpha value is -3.14. The molecule has 0 bridgehead atoms. The van der Waals surface area contributed by atoms with Gasteiger partial charge in [0.15, 0.2) is 0 Å². The number of phenols is 1. The molecule has 0 amide bonds. The summed E-state index contributed by atoms with van der Waals surface area (Å²) in [4.78, 5) is 9.74. The molecule has 3 heterocycles. The molecule has 0 aliphatic carbocycles. The van der Waals surface area contributed by atoms with Crippen LogP contribution in [0.15, 0.2) is 101 Å². The van der Waals surface area contributed by atoms with Crippen molar-refractivity contribution in [3.63, 3.8) is 0 Å². The third kappa shape index (κ3) is 3.48. The molecule has 0 radical (unpaired) electrons. The number of para-hydroxylation sites is 2. The quantitative estimate of drug-likeness (QED) is 0.235. The molecule has 0 unspecified atom stereocenters. The van der Waals surface area contributed by atoms with Gasteiger partial charge in [-0.2, -0.15) is 12.1 Å². The number of aromatic hydroxyl groups is 1. The van der Waals surface area contributed by atoms with Gasteiger partial charge in [0.1, 0.15) is 17.1 Å². The Bertz CT molecular complexity index is 1690. The predicted molar refractivity (Wildman–Crippen MR) is 125 cm³/mol. The van der Waals surface area contributed by atoms with Crippen LogP contribution in [0.25, 0.3) is 38.5 Å². The minimum atomic E-state index is 0. The van der Waals surface area contributed by atoms with Crippen molar-refractivity contribution in [2.45, 2.75) is 9.92 Å². The molecule has 0 aliphatic heterocycles. The molecule has 1 N–H and O–H groups in total. The van der Waals surface area contributed by atoms with E-state index >= 15 is 0 Å². The number of phenolic OH excluding ortho intramolecular Hbond substituents is 1. The zero-order chi connectivity index (χ0) is 22.5. The van der Waals surface area contributed by atoms with E-state index in [1.165, 1.54) is 11.8 Å². The van der Waals surface area contributed by atoms with Crippen LogP contribution >= 0.6 is 11.8 Å². The Morgan fingerprint density at radius 2 is 1.88 bits per heavy atom. The zero-order valence-corrected chi connectivity index (χ0v) is 19.6. The van der Waals surface area contributed by atoms with Gasteiger partial charge in [-0.05, 0) is 43.2 Å². The molecule has 0 spiro atoms. The molecular weight excluding hydrogens is 597 g/mol. The molecule has 6 heteroatoms. The maximum absolute atomic E-state index is 10.2. The normalized spacial score (nSPS) is 12.0. The summed E-state index contributed by atoms with van der Waals surface area (Å²) in [6, 6.07) is 26.2. The third-order valence-electron chi connectivity index (χ3n) is 5.19. The molecule has 32 heavy (non-hydrogen) atoms. The van der Waals surface area contributed by atoms with Crippen LogP contribution in [-0.4, -0.2) is 19.6 Å². The molecule has 0 fully saturated rings. The molecule has 3 aromatic heterocycles. The van der Waals surface area contributed by atoms with E-state index < -0.39 is 0 Å². The Kier molecular flexibility index (Phi) is 4.85. The largest absolute Gasteiger partial charge is 0.506 e. The first kappa shape index (κ1) is 18.4. The fourth-order valence-corrected chi connectivity index (χ4v) is 4.55. The fourth-order valence-electron chi connectivity index (χ4n) is 3.81. The maximum atomic E-state index is 10.2. The Morgan fingerprint density at radius 3 is 2.75 bits per heavy atom. The molecule has 3 aromatic carbocycles. The number of hydrogen-bond donors (Lipinski definition) is 1. The monoisotopic (exact) mass is 615 g/mol. The van der Waals surface area contributed by atoms with Crippen LogP contribution in [0, 0.1) is 6.07 Å². The van der Waals surface area contributed by atoms with Crippen molar-refractivity contribution in [1.29, 1.82) is 0 Å². The van der Waals surface area contributed by atoms with Crippen molar-refractivity contribution in [1.82, 2.24) is 14.5 Å². The molecule has 0 aliphatic rings. The predicted octanol–water partition coefficient (Wildman–Crippen LogP) is 6.38. The van der Waals surface area contributed by atoms with E-state index in [-0.39, 0.29) is 26.8 Å². The molecule has 6 aromatic rings. The van der Waals surface area contributed by atoms with Crippen molar-refractivity contribution in [3.8, 4) is 11.6 Å². The molecule has 6 rings (SSSR count). The number of aromatic nitrogens is 3. The van der Waals surface area contributed by atoms with E-state index in [1.54, 1.807) is 24.4 Å². The number of nitrogens with zero attached hydrogens (tertiary/aromatic N) is 3. The van der Waals surface area contributed by atoms with E-state index in [0.717, 1.165) is 33.0 Å². The first-order valence-corrected chi connectivity index (χ1v) is 10.6. The number of hydrogen-bond acceptors (Lipinski definition) is 4. The molecule has 158 valence electrons. The standard InChI is InChI=1S/C26H16N3OS.Pt/c30-23-9-5-6-17-11-14-25(28-26(17)23)31-18-12-13-20-19-7-1-2-8-21(19)29(22(20)16-18)24-10-3-4-15-27-24;/h1-15,30H;/q-1;/i1D,12D;. The second kappa shape index (κ2) is 8.42. The smallest absolute Gasteiger partial charge is 0.141 e. The number of benzene rings is 3. The summed E-state index contributed by atoms with van der Waals surface area (Å²) < 4.78 is 18.7. The van der Waals surface area contributed by atoms with Gasteiger partial charge in [-0.15, -0.1) is 11.5 Å². The van der Waals surface area contributed by atoms with Crippen LogP contribution in [0.3, 0.4) is 0 Å². The second-order valence-electron chi connectivity index (χ2n) is 7.07. The average Bonchev–Trinajstić information content (AvgIpc) is 3.13. The van der Waals surface area contributed by atoms with Gasteiger partial charge in [0.05, 0.1) is 6.40 Å². The summed E-state index contributed by atoms with van der Waals surface area (Å²) in [5.41, 5.74) is 2.23. The summed E-state index contributed by atoms with van der Waals surface area (Å²) in [6.07, 6.45) is 1.74. The summed E-state index contributed by atoms with van der Waals surface area (Å²) in [7, 11) is 0. The summed E-state index contributed by atoms with van der Waals surface area (Å²) in [6.45, 7) is 0. The Labute approximate surface area is 206 Å². The van der Waals surface area contributed by atoms with Crippen LogP contribution in [0.4, 0.5) is 0 Å². The first-order chi connectivity index (χ1) is 16.1. The topological polar surface area (TPSA) is 50.9 Å². The van der Waals surface area contributed by atoms with E-state index in [9.17, 15) is 5.11 Å². The molecule has 0 atom stereocenters. The van der Waals surface area contributed by atoms with Gasteiger partial charge in [-0.25, -0.2) is 9.97 Å². The van der Waals surface area contributed by atoms with Gasteiger partial charge in [-0.3, -0.25) is 0 Å². The Balaban J connectivity index is 0.00000241. The maximum Gasteiger partial charge on any atom is 0.141 e. The van der Waals surface area contributed by atoms with Crippen molar-refractivity contribution in [2.24, 2.45) is 0 Å². The summed E-state index contributed by atoms with van der Waals surface area (Å²) in [5, 5.41) is 13.4. The average molecular weight is 616 g/mol. The van der Waals surface area contributed by atoms with Crippen LogP contribution in [0.1, 0.15) is 2.74 Å². The van der Waals surface area contributed by atoms with E-state index in [2.05, 4.69) is 16.0 Å². The summed E-state index contributed by atoms with van der Waals surface area (Å²) in [5.74, 6) is 0.871. The fraction of sp³-hybridized carbons (Fsp3) is 0. The molecule has 0 saturated carbocycles. The van der Waals surface area contributed by atoms with Gasteiger partial charge in [0.25, 0.3) is 0 Å². The summed E-state index contributed by atoms with van der Waals surface area (Å²) >= 11 is 1.33. The van der Waals surface area contributed by atoms with Gasteiger partial charge < -0.3 is 9.67 Å². The van der Waals surface area contributed by atoms with Crippen molar-refractivity contribution >= 4 is 44.5 Å². The minimum Gasteiger partial charge on any atom is -0.506 e. The van der Waals surface area contributed by atoms with E-state index in [0.29, 0.717) is 27.5 Å². The van der Waals surface area contributed by atoms with Crippen LogP contribution < -0.4 is 0 Å². The minimum absolute atomic E-state index is 0. The molecule has 0 saturated heterocycles. The Morgan fingerprint density at radius 1 is 0.938 bits per heavy atom.